The molecular formula is C21H41N5O2. The Morgan fingerprint density at radius 3 is 2.21 bits per heavy atom. The Hall–Kier alpha value is -1.50. The first-order valence-corrected chi connectivity index (χ1v) is 10.8. The number of amides is 1. The smallest absolute Gasteiger partial charge is 0.410 e. The van der Waals surface area contributed by atoms with E-state index in [1.54, 1.807) is 0 Å². The van der Waals surface area contributed by atoms with Crippen molar-refractivity contribution < 1.29 is 9.53 Å². The number of hydrogen-bond acceptors (Lipinski definition) is 4. The van der Waals surface area contributed by atoms with Crippen molar-refractivity contribution in [3.8, 4) is 0 Å². The van der Waals surface area contributed by atoms with Gasteiger partial charge in [-0.05, 0) is 74.1 Å². The zero-order valence-electron chi connectivity index (χ0n) is 18.9. The van der Waals surface area contributed by atoms with Gasteiger partial charge in [-0.15, -0.1) is 0 Å². The molecular weight excluding hydrogens is 354 g/mol. The summed E-state index contributed by atoms with van der Waals surface area (Å²) in [6.07, 6.45) is 3.85. The van der Waals surface area contributed by atoms with E-state index in [1.165, 1.54) is 0 Å². The SMILES string of the molecule is CCNC(=NCCNC(C)(C)C)NC1CC2CCC(C1)N2C(=O)OC(C)(C)C. The maximum absolute atomic E-state index is 12.6. The third kappa shape index (κ3) is 7.15. The Balaban J connectivity index is 1.90. The predicted octanol–water partition coefficient (Wildman–Crippen LogP) is 2.86. The highest BCUT2D eigenvalue weighted by Gasteiger charge is 2.45. The molecule has 3 N–H and O–H groups in total. The standard InChI is InChI=1S/C21H41N5O2/c1-8-22-18(23-11-12-24-20(2,3)4)25-15-13-16-9-10-17(14-15)26(16)19(27)28-21(5,6)7/h15-17,24H,8-14H2,1-7H3,(H2,22,23,25). The fourth-order valence-corrected chi connectivity index (χ4v) is 4.02. The lowest BCUT2D eigenvalue weighted by Crippen LogP contribution is -2.55. The molecule has 2 aliphatic rings. The molecule has 0 aliphatic carbocycles. The molecule has 2 aliphatic heterocycles. The van der Waals surface area contributed by atoms with Crippen molar-refractivity contribution in [2.75, 3.05) is 19.6 Å². The number of hydrogen-bond donors (Lipinski definition) is 3. The summed E-state index contributed by atoms with van der Waals surface area (Å²) in [5.41, 5.74) is -0.341. The Morgan fingerprint density at radius 2 is 1.71 bits per heavy atom. The Kier molecular flexibility index (Phi) is 7.59. The zero-order chi connectivity index (χ0) is 20.9. The first-order valence-electron chi connectivity index (χ1n) is 10.8. The van der Waals surface area contributed by atoms with Crippen LogP contribution in [0, 0.1) is 0 Å². The van der Waals surface area contributed by atoms with Gasteiger partial charge in [0.1, 0.15) is 5.60 Å². The van der Waals surface area contributed by atoms with Crippen LogP contribution >= 0.6 is 0 Å². The molecule has 0 aromatic heterocycles. The number of aliphatic imine (C=N–C) groups is 1. The molecule has 162 valence electrons. The van der Waals surface area contributed by atoms with E-state index in [0.29, 0.717) is 6.04 Å². The molecule has 2 saturated heterocycles. The van der Waals surface area contributed by atoms with Crippen LogP contribution in [0.4, 0.5) is 4.79 Å². The van der Waals surface area contributed by atoms with Gasteiger partial charge in [0.05, 0.1) is 6.54 Å². The van der Waals surface area contributed by atoms with Crippen LogP contribution in [0.5, 0.6) is 0 Å². The first kappa shape index (κ1) is 22.8. The van der Waals surface area contributed by atoms with Crippen molar-refractivity contribution in [1.29, 1.82) is 0 Å². The largest absolute Gasteiger partial charge is 0.444 e. The third-order valence-corrected chi connectivity index (χ3v) is 5.06. The number of carbonyl (C=O) groups excluding carboxylic acids is 1. The Bertz CT molecular complexity index is 536. The highest BCUT2D eigenvalue weighted by molar-refractivity contribution is 5.80. The van der Waals surface area contributed by atoms with Gasteiger partial charge in [-0.1, -0.05) is 0 Å². The van der Waals surface area contributed by atoms with Crippen molar-refractivity contribution in [3.05, 3.63) is 0 Å². The van der Waals surface area contributed by atoms with Crippen LogP contribution in [-0.2, 0) is 4.74 Å². The molecule has 2 unspecified atom stereocenters. The fourth-order valence-electron chi connectivity index (χ4n) is 4.02. The third-order valence-electron chi connectivity index (χ3n) is 5.06. The van der Waals surface area contributed by atoms with Crippen molar-refractivity contribution in [1.82, 2.24) is 20.9 Å². The average molecular weight is 396 g/mol. The van der Waals surface area contributed by atoms with Crippen LogP contribution in [0.2, 0.25) is 0 Å². The molecule has 2 rings (SSSR count). The van der Waals surface area contributed by atoms with Crippen molar-refractivity contribution in [2.24, 2.45) is 4.99 Å². The summed E-state index contributed by atoms with van der Waals surface area (Å²) >= 11 is 0. The number of ether oxygens (including phenoxy) is 1. The molecule has 7 nitrogen and oxygen atoms in total. The van der Waals surface area contributed by atoms with Crippen molar-refractivity contribution >= 4 is 12.1 Å². The van der Waals surface area contributed by atoms with Gasteiger partial charge >= 0.3 is 6.09 Å². The predicted molar refractivity (Wildman–Crippen MR) is 115 cm³/mol. The second-order valence-electron chi connectivity index (χ2n) is 10.0. The number of carbonyl (C=O) groups is 1. The van der Waals surface area contributed by atoms with Gasteiger partial charge in [-0.2, -0.15) is 0 Å². The van der Waals surface area contributed by atoms with E-state index in [-0.39, 0.29) is 23.7 Å². The molecule has 2 atom stereocenters. The van der Waals surface area contributed by atoms with Crippen LogP contribution in [0.15, 0.2) is 4.99 Å². The molecule has 0 saturated carbocycles. The molecule has 28 heavy (non-hydrogen) atoms. The minimum absolute atomic E-state index is 0.106. The summed E-state index contributed by atoms with van der Waals surface area (Å²) in [6.45, 7) is 16.8. The summed E-state index contributed by atoms with van der Waals surface area (Å²) < 4.78 is 5.63. The van der Waals surface area contributed by atoms with Gasteiger partial charge in [-0.25, -0.2) is 4.79 Å². The summed E-state index contributed by atoms with van der Waals surface area (Å²) in [5, 5.41) is 10.4. The molecule has 0 radical (unpaired) electrons. The molecule has 2 heterocycles. The number of piperidine rings is 1. The maximum Gasteiger partial charge on any atom is 0.410 e. The topological polar surface area (TPSA) is 78.0 Å². The van der Waals surface area contributed by atoms with E-state index in [0.717, 1.165) is 51.3 Å². The number of nitrogens with zero attached hydrogens (tertiary/aromatic N) is 2. The van der Waals surface area contributed by atoms with Crippen LogP contribution in [0.25, 0.3) is 0 Å². The van der Waals surface area contributed by atoms with E-state index in [1.807, 2.05) is 25.7 Å². The van der Waals surface area contributed by atoms with Gasteiger partial charge in [-0.3, -0.25) is 4.99 Å². The van der Waals surface area contributed by atoms with Gasteiger partial charge in [0.15, 0.2) is 5.96 Å². The van der Waals surface area contributed by atoms with Crippen LogP contribution in [0.1, 0.15) is 74.1 Å². The van der Waals surface area contributed by atoms with E-state index >= 15 is 0 Å². The molecule has 0 aromatic rings. The van der Waals surface area contributed by atoms with E-state index in [2.05, 4.69) is 43.6 Å². The highest BCUT2D eigenvalue weighted by atomic mass is 16.6. The van der Waals surface area contributed by atoms with Gasteiger partial charge < -0.3 is 25.6 Å². The Labute approximate surface area is 171 Å². The zero-order valence-corrected chi connectivity index (χ0v) is 18.9. The summed E-state index contributed by atoms with van der Waals surface area (Å²) in [5.74, 6) is 0.869. The number of nitrogens with one attached hydrogen (secondary N) is 3. The van der Waals surface area contributed by atoms with Gasteiger partial charge in [0.25, 0.3) is 0 Å². The number of fused-ring (bicyclic) bond motifs is 2. The number of rotatable bonds is 5. The minimum atomic E-state index is -0.447. The Morgan fingerprint density at radius 1 is 1.11 bits per heavy atom. The lowest BCUT2D eigenvalue weighted by molar-refractivity contribution is 0.00545. The van der Waals surface area contributed by atoms with Crippen molar-refractivity contribution in [3.63, 3.8) is 0 Å². The van der Waals surface area contributed by atoms with Crippen molar-refractivity contribution in [2.45, 2.75) is 103 Å². The average Bonchev–Trinajstić information content (AvgIpc) is 2.81. The van der Waals surface area contributed by atoms with Crippen LogP contribution < -0.4 is 16.0 Å². The van der Waals surface area contributed by atoms with Crippen LogP contribution in [-0.4, -0.2) is 65.9 Å². The second-order valence-corrected chi connectivity index (χ2v) is 10.0. The summed E-state index contributed by atoms with van der Waals surface area (Å²) in [6, 6.07) is 0.859. The van der Waals surface area contributed by atoms with Gasteiger partial charge in [0, 0.05) is 36.8 Å². The summed E-state index contributed by atoms with van der Waals surface area (Å²) in [4.78, 5) is 19.3. The highest BCUT2D eigenvalue weighted by Crippen LogP contribution is 2.36. The minimum Gasteiger partial charge on any atom is -0.444 e. The molecule has 2 fully saturated rings. The fraction of sp³-hybridized carbons (Fsp3) is 0.905. The quantitative estimate of drug-likeness (QED) is 0.379. The second kappa shape index (κ2) is 9.33. The van der Waals surface area contributed by atoms with E-state index in [9.17, 15) is 4.79 Å². The van der Waals surface area contributed by atoms with E-state index in [4.69, 9.17) is 9.73 Å². The monoisotopic (exact) mass is 395 g/mol. The van der Waals surface area contributed by atoms with Crippen LogP contribution in [0.3, 0.4) is 0 Å². The first-order chi connectivity index (χ1) is 13.0. The molecule has 0 spiro atoms. The van der Waals surface area contributed by atoms with E-state index < -0.39 is 5.60 Å². The molecule has 1 amide bonds. The number of guanidine groups is 1. The molecule has 0 aromatic carbocycles. The normalized spacial score (nSPS) is 25.6. The molecule has 7 heteroatoms. The molecule has 2 bridgehead atoms. The maximum atomic E-state index is 12.6. The lowest BCUT2D eigenvalue weighted by Gasteiger charge is -2.40. The lowest BCUT2D eigenvalue weighted by atomic mass is 9.98. The van der Waals surface area contributed by atoms with Gasteiger partial charge in [0.2, 0.25) is 0 Å². The summed E-state index contributed by atoms with van der Waals surface area (Å²) in [7, 11) is 0.